The van der Waals surface area contributed by atoms with Gasteiger partial charge in [0.1, 0.15) is 11.3 Å². The number of nitrogens with one attached hydrogen (secondary N) is 1. The summed E-state index contributed by atoms with van der Waals surface area (Å²) >= 11 is 0. The smallest absolute Gasteiger partial charge is 0.344 e. The standard InChI is InChI=1S/C23H22N4O5/c1-16-7-9-17(10-8-16)26-20(28)14-27(2)21(29)15-31-23(30)19-6-4-12-25-22(19)32-18-5-3-11-24-13-18/h3-13H,14-15H2,1-2H3,(H,26,28). The zero-order valence-corrected chi connectivity index (χ0v) is 17.6. The predicted octanol–water partition coefficient (Wildman–Crippen LogP) is 2.83. The van der Waals surface area contributed by atoms with Gasteiger partial charge in [-0.25, -0.2) is 9.78 Å². The Hall–Kier alpha value is -4.27. The van der Waals surface area contributed by atoms with Crippen LogP contribution in [-0.4, -0.2) is 52.9 Å². The molecule has 9 heteroatoms. The lowest BCUT2D eigenvalue weighted by molar-refractivity contribution is -0.136. The predicted molar refractivity (Wildman–Crippen MR) is 116 cm³/mol. The molecule has 0 fully saturated rings. The summed E-state index contributed by atoms with van der Waals surface area (Å²) < 4.78 is 10.7. The number of pyridine rings is 2. The molecule has 32 heavy (non-hydrogen) atoms. The van der Waals surface area contributed by atoms with Gasteiger partial charge >= 0.3 is 5.97 Å². The summed E-state index contributed by atoms with van der Waals surface area (Å²) in [5.74, 6) is -1.24. The van der Waals surface area contributed by atoms with Crippen molar-refractivity contribution in [3.8, 4) is 11.6 Å². The van der Waals surface area contributed by atoms with Crippen molar-refractivity contribution in [1.82, 2.24) is 14.9 Å². The van der Waals surface area contributed by atoms with Gasteiger partial charge in [0.05, 0.1) is 12.7 Å². The van der Waals surface area contributed by atoms with Gasteiger partial charge < -0.3 is 19.7 Å². The van der Waals surface area contributed by atoms with E-state index in [-0.39, 0.29) is 23.9 Å². The molecule has 0 spiro atoms. The number of nitrogens with zero attached hydrogens (tertiary/aromatic N) is 3. The maximum Gasteiger partial charge on any atom is 0.344 e. The zero-order valence-electron chi connectivity index (χ0n) is 17.6. The molecule has 9 nitrogen and oxygen atoms in total. The number of esters is 1. The van der Waals surface area contributed by atoms with Crippen LogP contribution in [0.3, 0.4) is 0 Å². The molecule has 164 valence electrons. The quantitative estimate of drug-likeness (QED) is 0.543. The molecule has 3 rings (SSSR count). The lowest BCUT2D eigenvalue weighted by Crippen LogP contribution is -2.37. The van der Waals surface area contributed by atoms with E-state index in [4.69, 9.17) is 9.47 Å². The Morgan fingerprint density at radius 1 is 1.03 bits per heavy atom. The molecule has 0 radical (unpaired) electrons. The normalized spacial score (nSPS) is 10.2. The van der Waals surface area contributed by atoms with Gasteiger partial charge in [0.15, 0.2) is 6.61 Å². The fourth-order valence-corrected chi connectivity index (χ4v) is 2.60. The second kappa shape index (κ2) is 10.7. The highest BCUT2D eigenvalue weighted by Gasteiger charge is 2.19. The Labute approximate surface area is 185 Å². The highest BCUT2D eigenvalue weighted by Crippen LogP contribution is 2.22. The molecular formula is C23H22N4O5. The van der Waals surface area contributed by atoms with Crippen LogP contribution in [0.2, 0.25) is 0 Å². The van der Waals surface area contributed by atoms with Crippen molar-refractivity contribution in [3.05, 3.63) is 78.2 Å². The Kier molecular flexibility index (Phi) is 7.47. The Morgan fingerprint density at radius 2 is 1.78 bits per heavy atom. The Morgan fingerprint density at radius 3 is 2.50 bits per heavy atom. The minimum Gasteiger partial charge on any atom is -0.452 e. The van der Waals surface area contributed by atoms with Crippen molar-refractivity contribution in [3.63, 3.8) is 0 Å². The van der Waals surface area contributed by atoms with E-state index in [1.54, 1.807) is 36.5 Å². The van der Waals surface area contributed by atoms with Crippen LogP contribution < -0.4 is 10.1 Å². The van der Waals surface area contributed by atoms with Gasteiger partial charge in [-0.15, -0.1) is 0 Å². The zero-order chi connectivity index (χ0) is 22.9. The summed E-state index contributed by atoms with van der Waals surface area (Å²) in [7, 11) is 1.45. The third-order valence-electron chi connectivity index (χ3n) is 4.31. The Balaban J connectivity index is 1.52. The summed E-state index contributed by atoms with van der Waals surface area (Å²) in [5.41, 5.74) is 1.76. The van der Waals surface area contributed by atoms with Crippen molar-refractivity contribution in [2.45, 2.75) is 6.92 Å². The van der Waals surface area contributed by atoms with E-state index >= 15 is 0 Å². The number of ether oxygens (including phenoxy) is 2. The molecule has 2 heterocycles. The number of carbonyl (C=O) groups excluding carboxylic acids is 3. The molecule has 0 aliphatic heterocycles. The van der Waals surface area contributed by atoms with Gasteiger partial charge in [-0.2, -0.15) is 0 Å². The third kappa shape index (κ3) is 6.36. The number of aryl methyl sites for hydroxylation is 1. The van der Waals surface area contributed by atoms with E-state index in [1.807, 2.05) is 19.1 Å². The molecule has 0 saturated heterocycles. The molecule has 3 aromatic rings. The molecule has 2 amide bonds. The maximum atomic E-state index is 12.5. The van der Waals surface area contributed by atoms with Crippen LogP contribution in [0, 0.1) is 6.92 Å². The summed E-state index contributed by atoms with van der Waals surface area (Å²) in [6.07, 6.45) is 4.53. The van der Waals surface area contributed by atoms with Gasteiger partial charge in [-0.1, -0.05) is 17.7 Å². The minimum absolute atomic E-state index is 0.0313. The molecule has 0 unspecified atom stereocenters. The van der Waals surface area contributed by atoms with Crippen molar-refractivity contribution in [2.75, 3.05) is 25.5 Å². The first-order chi connectivity index (χ1) is 15.4. The van der Waals surface area contributed by atoms with Gasteiger partial charge in [-0.05, 0) is 43.3 Å². The lowest BCUT2D eigenvalue weighted by atomic mass is 10.2. The number of aromatic nitrogens is 2. The first kappa shape index (κ1) is 22.4. The summed E-state index contributed by atoms with van der Waals surface area (Å²) in [6, 6.07) is 13.7. The first-order valence-corrected chi connectivity index (χ1v) is 9.73. The van der Waals surface area contributed by atoms with Crippen LogP contribution in [0.15, 0.2) is 67.1 Å². The lowest BCUT2D eigenvalue weighted by Gasteiger charge is -2.17. The largest absolute Gasteiger partial charge is 0.452 e. The number of anilines is 1. The second-order valence-electron chi connectivity index (χ2n) is 6.89. The van der Waals surface area contributed by atoms with E-state index in [0.29, 0.717) is 11.4 Å². The van der Waals surface area contributed by atoms with Crippen molar-refractivity contribution in [1.29, 1.82) is 0 Å². The molecule has 0 saturated carbocycles. The molecule has 2 aromatic heterocycles. The van der Waals surface area contributed by atoms with Gasteiger partial charge in [0, 0.05) is 25.1 Å². The number of rotatable bonds is 8. The van der Waals surface area contributed by atoms with Crippen LogP contribution in [0.1, 0.15) is 15.9 Å². The van der Waals surface area contributed by atoms with Gasteiger partial charge in [0.25, 0.3) is 5.91 Å². The maximum absolute atomic E-state index is 12.5. The van der Waals surface area contributed by atoms with Crippen LogP contribution >= 0.6 is 0 Å². The molecule has 0 aliphatic rings. The molecule has 0 aliphatic carbocycles. The SMILES string of the molecule is Cc1ccc(NC(=O)CN(C)C(=O)COC(=O)c2cccnc2Oc2cccnc2)cc1. The van der Waals surface area contributed by atoms with Crippen molar-refractivity contribution >= 4 is 23.5 Å². The monoisotopic (exact) mass is 434 g/mol. The number of benzene rings is 1. The van der Waals surface area contributed by atoms with Crippen LogP contribution in [-0.2, 0) is 14.3 Å². The van der Waals surface area contributed by atoms with Crippen molar-refractivity contribution < 1.29 is 23.9 Å². The number of hydrogen-bond acceptors (Lipinski definition) is 7. The van der Waals surface area contributed by atoms with E-state index < -0.39 is 18.5 Å². The minimum atomic E-state index is -0.775. The molecule has 1 aromatic carbocycles. The number of amides is 2. The average molecular weight is 434 g/mol. The Bertz CT molecular complexity index is 1090. The van der Waals surface area contributed by atoms with Crippen LogP contribution in [0.5, 0.6) is 11.6 Å². The summed E-state index contributed by atoms with van der Waals surface area (Å²) in [5, 5.41) is 2.71. The number of hydrogen-bond donors (Lipinski definition) is 1. The fourth-order valence-electron chi connectivity index (χ4n) is 2.60. The topological polar surface area (TPSA) is 111 Å². The van der Waals surface area contributed by atoms with E-state index in [0.717, 1.165) is 5.56 Å². The average Bonchev–Trinajstić information content (AvgIpc) is 2.79. The molecule has 0 atom stereocenters. The highest BCUT2D eigenvalue weighted by atomic mass is 16.5. The summed E-state index contributed by atoms with van der Waals surface area (Å²) in [4.78, 5) is 46.1. The number of carbonyl (C=O) groups is 3. The third-order valence-corrected chi connectivity index (χ3v) is 4.31. The van der Waals surface area contributed by atoms with Crippen LogP contribution in [0.4, 0.5) is 5.69 Å². The second-order valence-corrected chi connectivity index (χ2v) is 6.89. The van der Waals surface area contributed by atoms with E-state index in [2.05, 4.69) is 15.3 Å². The first-order valence-electron chi connectivity index (χ1n) is 9.73. The van der Waals surface area contributed by atoms with Gasteiger partial charge in [-0.3, -0.25) is 14.6 Å². The van der Waals surface area contributed by atoms with Crippen LogP contribution in [0.25, 0.3) is 0 Å². The van der Waals surface area contributed by atoms with E-state index in [9.17, 15) is 14.4 Å². The number of likely N-dealkylation sites (N-methyl/N-ethyl adjacent to an activating group) is 1. The highest BCUT2D eigenvalue weighted by molar-refractivity contribution is 5.96. The fraction of sp³-hybridized carbons (Fsp3) is 0.174. The van der Waals surface area contributed by atoms with E-state index in [1.165, 1.54) is 30.4 Å². The van der Waals surface area contributed by atoms with Gasteiger partial charge in [0.2, 0.25) is 11.8 Å². The molecule has 1 N–H and O–H groups in total. The summed E-state index contributed by atoms with van der Waals surface area (Å²) in [6.45, 7) is 1.22. The van der Waals surface area contributed by atoms with Crippen molar-refractivity contribution in [2.24, 2.45) is 0 Å². The molecule has 0 bridgehead atoms. The molecular weight excluding hydrogens is 412 g/mol.